The molecule has 21 heavy (non-hydrogen) atoms. The van der Waals surface area contributed by atoms with Crippen molar-refractivity contribution in [2.45, 2.75) is 12.5 Å². The minimum absolute atomic E-state index is 0.145. The van der Waals surface area contributed by atoms with E-state index in [0.717, 1.165) is 31.9 Å². The molecule has 0 aliphatic carbocycles. The van der Waals surface area contributed by atoms with Crippen LogP contribution in [-0.4, -0.2) is 14.2 Å². The largest absolute Gasteiger partial charge is 0.496 e. The van der Waals surface area contributed by atoms with Crippen LogP contribution in [0.3, 0.4) is 0 Å². The lowest BCUT2D eigenvalue weighted by molar-refractivity contribution is 0.406. The molecular weight excluding hydrogens is 420 g/mol. The molecule has 0 aliphatic rings. The normalized spacial score (nSPS) is 12.2. The molecule has 0 heterocycles. The molecule has 112 valence electrons. The highest BCUT2D eigenvalue weighted by atomic mass is 127. The Morgan fingerprint density at radius 2 is 1.95 bits per heavy atom. The van der Waals surface area contributed by atoms with Crippen molar-refractivity contribution in [3.8, 4) is 5.75 Å². The molecule has 1 atom stereocenters. The quantitative estimate of drug-likeness (QED) is 0.659. The predicted octanol–water partition coefficient (Wildman–Crippen LogP) is 5.11. The molecule has 0 bridgehead atoms. The first kappa shape index (κ1) is 16.9. The Morgan fingerprint density at radius 1 is 1.19 bits per heavy atom. The zero-order chi connectivity index (χ0) is 15.4. The summed E-state index contributed by atoms with van der Waals surface area (Å²) in [5.74, 6) is 0.844. The third-order valence-electron chi connectivity index (χ3n) is 3.36. The van der Waals surface area contributed by atoms with Crippen LogP contribution in [0.5, 0.6) is 5.75 Å². The first-order chi connectivity index (χ1) is 10.0. The lowest BCUT2D eigenvalue weighted by atomic mass is 9.98. The number of halogens is 3. The van der Waals surface area contributed by atoms with Gasteiger partial charge in [0.2, 0.25) is 0 Å². The predicted molar refractivity (Wildman–Crippen MR) is 97.7 cm³/mol. The third kappa shape index (κ3) is 4.25. The van der Waals surface area contributed by atoms with Gasteiger partial charge in [0.05, 0.1) is 12.1 Å². The van der Waals surface area contributed by atoms with Crippen LogP contribution in [0.2, 0.25) is 10.0 Å². The molecule has 5 heteroatoms. The van der Waals surface area contributed by atoms with Gasteiger partial charge >= 0.3 is 0 Å². The van der Waals surface area contributed by atoms with Crippen LogP contribution in [0.25, 0.3) is 0 Å². The summed E-state index contributed by atoms with van der Waals surface area (Å²) in [4.78, 5) is 0. The van der Waals surface area contributed by atoms with E-state index in [9.17, 15) is 0 Å². The van der Waals surface area contributed by atoms with E-state index < -0.39 is 0 Å². The molecule has 0 spiro atoms. The van der Waals surface area contributed by atoms with E-state index in [0.29, 0.717) is 5.02 Å². The van der Waals surface area contributed by atoms with E-state index in [1.54, 1.807) is 7.11 Å². The summed E-state index contributed by atoms with van der Waals surface area (Å²) >= 11 is 14.5. The van der Waals surface area contributed by atoms with Crippen molar-refractivity contribution in [2.75, 3.05) is 14.2 Å². The van der Waals surface area contributed by atoms with Gasteiger partial charge in [-0.1, -0.05) is 29.3 Å². The van der Waals surface area contributed by atoms with Crippen molar-refractivity contribution in [1.29, 1.82) is 0 Å². The summed E-state index contributed by atoms with van der Waals surface area (Å²) in [7, 11) is 3.61. The van der Waals surface area contributed by atoms with Crippen LogP contribution in [0, 0.1) is 3.57 Å². The van der Waals surface area contributed by atoms with Crippen molar-refractivity contribution < 1.29 is 4.74 Å². The number of rotatable bonds is 5. The number of likely N-dealkylation sites (N-methyl/N-ethyl adjacent to an activating group) is 1. The van der Waals surface area contributed by atoms with E-state index >= 15 is 0 Å². The summed E-state index contributed by atoms with van der Waals surface area (Å²) < 4.78 is 6.46. The van der Waals surface area contributed by atoms with Crippen LogP contribution in [0.4, 0.5) is 0 Å². The van der Waals surface area contributed by atoms with Gasteiger partial charge in [-0.3, -0.25) is 0 Å². The maximum Gasteiger partial charge on any atom is 0.122 e. The maximum atomic E-state index is 6.22. The topological polar surface area (TPSA) is 21.3 Å². The molecule has 0 aromatic heterocycles. The Balaban J connectivity index is 2.30. The Bertz CT molecular complexity index is 634. The first-order valence-corrected chi connectivity index (χ1v) is 8.33. The monoisotopic (exact) mass is 435 g/mol. The lowest BCUT2D eigenvalue weighted by Gasteiger charge is -2.19. The fourth-order valence-electron chi connectivity index (χ4n) is 2.24. The summed E-state index contributed by atoms with van der Waals surface area (Å²) in [6, 6.07) is 11.9. The van der Waals surface area contributed by atoms with Gasteiger partial charge in [-0.05, 0) is 77.5 Å². The van der Waals surface area contributed by atoms with Gasteiger partial charge in [-0.2, -0.15) is 0 Å². The zero-order valence-electron chi connectivity index (χ0n) is 11.8. The Morgan fingerprint density at radius 3 is 2.57 bits per heavy atom. The van der Waals surface area contributed by atoms with Crippen LogP contribution in [0.15, 0.2) is 36.4 Å². The highest BCUT2D eigenvalue weighted by Crippen LogP contribution is 2.29. The van der Waals surface area contributed by atoms with Crippen LogP contribution in [0.1, 0.15) is 17.2 Å². The van der Waals surface area contributed by atoms with Crippen molar-refractivity contribution in [1.82, 2.24) is 5.32 Å². The number of ether oxygens (including phenoxy) is 1. The fourth-order valence-corrected chi connectivity index (χ4v) is 2.96. The SMILES string of the molecule is CNC(Cc1cc(Cl)ccc1OC)c1ccc(I)c(Cl)c1. The molecule has 2 aromatic rings. The molecule has 0 fully saturated rings. The summed E-state index contributed by atoms with van der Waals surface area (Å²) in [6.07, 6.45) is 0.775. The molecule has 1 N–H and O–H groups in total. The van der Waals surface area contributed by atoms with E-state index in [2.05, 4.69) is 34.0 Å². The van der Waals surface area contributed by atoms with Gasteiger partial charge in [0, 0.05) is 14.6 Å². The summed E-state index contributed by atoms with van der Waals surface area (Å²) in [5, 5.41) is 4.80. The minimum atomic E-state index is 0.145. The van der Waals surface area contributed by atoms with Crippen LogP contribution >= 0.6 is 45.8 Å². The fraction of sp³-hybridized carbons (Fsp3) is 0.250. The molecule has 0 saturated carbocycles. The molecule has 2 rings (SSSR count). The number of methoxy groups -OCH3 is 1. The standard InChI is InChI=1S/C16H16Cl2INO/c1-20-15(10-3-5-14(19)13(18)8-10)9-11-7-12(17)4-6-16(11)21-2/h3-8,15,20H,9H2,1-2H3. The lowest BCUT2D eigenvalue weighted by Crippen LogP contribution is -2.19. The molecule has 2 aromatic carbocycles. The van der Waals surface area contributed by atoms with E-state index in [1.165, 1.54) is 0 Å². The Kier molecular flexibility index (Phi) is 6.17. The minimum Gasteiger partial charge on any atom is -0.496 e. The first-order valence-electron chi connectivity index (χ1n) is 6.49. The molecule has 0 aliphatic heterocycles. The highest BCUT2D eigenvalue weighted by Gasteiger charge is 2.14. The molecule has 2 nitrogen and oxygen atoms in total. The number of hydrogen-bond acceptors (Lipinski definition) is 2. The van der Waals surface area contributed by atoms with Crippen molar-refractivity contribution in [3.63, 3.8) is 0 Å². The molecule has 1 unspecified atom stereocenters. The second-order valence-corrected chi connectivity index (χ2v) is 6.68. The average molecular weight is 436 g/mol. The van der Waals surface area contributed by atoms with Gasteiger partial charge in [0.25, 0.3) is 0 Å². The van der Waals surface area contributed by atoms with Gasteiger partial charge in [0.15, 0.2) is 0 Å². The van der Waals surface area contributed by atoms with E-state index in [1.807, 2.05) is 37.4 Å². The maximum absolute atomic E-state index is 6.22. The van der Waals surface area contributed by atoms with Crippen molar-refractivity contribution in [3.05, 3.63) is 61.1 Å². The number of hydrogen-bond donors (Lipinski definition) is 1. The van der Waals surface area contributed by atoms with E-state index in [4.69, 9.17) is 27.9 Å². The number of nitrogens with one attached hydrogen (secondary N) is 1. The second kappa shape index (κ2) is 7.68. The van der Waals surface area contributed by atoms with Gasteiger partial charge < -0.3 is 10.1 Å². The molecule has 0 radical (unpaired) electrons. The Hall–Kier alpha value is -0.490. The molecular formula is C16H16Cl2INO. The van der Waals surface area contributed by atoms with Gasteiger partial charge in [-0.15, -0.1) is 0 Å². The van der Waals surface area contributed by atoms with Gasteiger partial charge in [-0.25, -0.2) is 0 Å². The zero-order valence-corrected chi connectivity index (χ0v) is 15.5. The average Bonchev–Trinajstić information content (AvgIpc) is 2.48. The van der Waals surface area contributed by atoms with Gasteiger partial charge in [0.1, 0.15) is 5.75 Å². The smallest absolute Gasteiger partial charge is 0.122 e. The molecule has 0 saturated heterocycles. The number of benzene rings is 2. The van der Waals surface area contributed by atoms with E-state index in [-0.39, 0.29) is 6.04 Å². The summed E-state index contributed by atoms with van der Waals surface area (Å²) in [6.45, 7) is 0. The molecule has 0 amide bonds. The third-order valence-corrected chi connectivity index (χ3v) is 5.17. The second-order valence-electron chi connectivity index (χ2n) is 4.68. The van der Waals surface area contributed by atoms with Crippen molar-refractivity contribution in [2.24, 2.45) is 0 Å². The van der Waals surface area contributed by atoms with Crippen LogP contribution in [-0.2, 0) is 6.42 Å². The highest BCUT2D eigenvalue weighted by molar-refractivity contribution is 14.1. The Labute approximate surface area is 148 Å². The van der Waals surface area contributed by atoms with Crippen LogP contribution < -0.4 is 10.1 Å². The summed E-state index contributed by atoms with van der Waals surface area (Å²) in [5.41, 5.74) is 2.21. The van der Waals surface area contributed by atoms with Crippen molar-refractivity contribution >= 4 is 45.8 Å².